The van der Waals surface area contributed by atoms with Gasteiger partial charge in [-0.1, -0.05) is 0 Å². The molecule has 1 heterocycles. The Hall–Kier alpha value is -2.63. The number of amides is 2. The van der Waals surface area contributed by atoms with Crippen LogP contribution < -0.4 is 10.6 Å². The summed E-state index contributed by atoms with van der Waals surface area (Å²) >= 11 is 0. The minimum Gasteiger partial charge on any atom is -0.448 e. The SMILES string of the molecule is CC(=O)Nc1ccc(NC(=O)c2coc(C)n2)cc1. The van der Waals surface area contributed by atoms with E-state index in [0.717, 1.165) is 0 Å². The van der Waals surface area contributed by atoms with Gasteiger partial charge in [-0.2, -0.15) is 0 Å². The predicted molar refractivity (Wildman–Crippen MR) is 69.9 cm³/mol. The van der Waals surface area contributed by atoms with Crippen molar-refractivity contribution in [2.45, 2.75) is 13.8 Å². The Labute approximate surface area is 109 Å². The number of nitrogens with zero attached hydrogens (tertiary/aromatic N) is 1. The first-order valence-corrected chi connectivity index (χ1v) is 5.66. The van der Waals surface area contributed by atoms with Crippen molar-refractivity contribution in [3.8, 4) is 0 Å². The van der Waals surface area contributed by atoms with Gasteiger partial charge >= 0.3 is 0 Å². The second-order valence-electron chi connectivity index (χ2n) is 3.96. The molecule has 2 aromatic rings. The third-order valence-electron chi connectivity index (χ3n) is 2.31. The minimum atomic E-state index is -0.343. The zero-order valence-corrected chi connectivity index (χ0v) is 10.6. The molecule has 2 rings (SSSR count). The highest BCUT2D eigenvalue weighted by molar-refractivity contribution is 6.02. The van der Waals surface area contributed by atoms with Gasteiger partial charge in [-0.05, 0) is 24.3 Å². The van der Waals surface area contributed by atoms with Crippen molar-refractivity contribution in [1.29, 1.82) is 0 Å². The lowest BCUT2D eigenvalue weighted by molar-refractivity contribution is -0.114. The summed E-state index contributed by atoms with van der Waals surface area (Å²) in [5.41, 5.74) is 1.51. The summed E-state index contributed by atoms with van der Waals surface area (Å²) in [7, 11) is 0. The van der Waals surface area contributed by atoms with Crippen molar-refractivity contribution in [3.05, 3.63) is 42.1 Å². The zero-order valence-electron chi connectivity index (χ0n) is 10.6. The lowest BCUT2D eigenvalue weighted by Crippen LogP contribution is -2.12. The maximum absolute atomic E-state index is 11.8. The Kier molecular flexibility index (Phi) is 3.61. The van der Waals surface area contributed by atoms with Gasteiger partial charge in [0.05, 0.1) is 0 Å². The van der Waals surface area contributed by atoms with Crippen LogP contribution >= 0.6 is 0 Å². The molecule has 98 valence electrons. The molecule has 2 amide bonds. The predicted octanol–water partition coefficient (Wildman–Crippen LogP) is 2.19. The van der Waals surface area contributed by atoms with Gasteiger partial charge in [0, 0.05) is 25.2 Å². The van der Waals surface area contributed by atoms with Gasteiger partial charge < -0.3 is 15.1 Å². The average Bonchev–Trinajstić information content (AvgIpc) is 2.78. The standard InChI is InChI=1S/C13H13N3O3/c1-8(17)14-10-3-5-11(6-4-10)16-13(18)12-7-19-9(2)15-12/h3-7H,1-2H3,(H,14,17)(H,16,18). The summed E-state index contributed by atoms with van der Waals surface area (Å²) in [5, 5.41) is 5.32. The lowest BCUT2D eigenvalue weighted by Gasteiger charge is -2.05. The average molecular weight is 259 g/mol. The largest absolute Gasteiger partial charge is 0.448 e. The maximum atomic E-state index is 11.8. The number of aryl methyl sites for hydroxylation is 1. The van der Waals surface area contributed by atoms with Crippen molar-refractivity contribution in [2.24, 2.45) is 0 Å². The number of benzene rings is 1. The number of carbonyl (C=O) groups is 2. The molecule has 0 atom stereocenters. The topological polar surface area (TPSA) is 84.2 Å². The molecule has 0 fully saturated rings. The lowest BCUT2D eigenvalue weighted by atomic mass is 10.2. The Morgan fingerprint density at radius 3 is 2.16 bits per heavy atom. The van der Waals surface area contributed by atoms with Crippen LogP contribution in [0.5, 0.6) is 0 Å². The van der Waals surface area contributed by atoms with E-state index >= 15 is 0 Å². The molecule has 0 aliphatic heterocycles. The van der Waals surface area contributed by atoms with Crippen molar-refractivity contribution >= 4 is 23.2 Å². The molecule has 0 bridgehead atoms. The molecule has 19 heavy (non-hydrogen) atoms. The van der Waals surface area contributed by atoms with Gasteiger partial charge in [0.1, 0.15) is 6.26 Å². The number of nitrogens with one attached hydrogen (secondary N) is 2. The second-order valence-corrected chi connectivity index (χ2v) is 3.96. The molecule has 1 aromatic heterocycles. The van der Waals surface area contributed by atoms with Crippen LogP contribution in [-0.2, 0) is 4.79 Å². The van der Waals surface area contributed by atoms with Gasteiger partial charge in [0.25, 0.3) is 5.91 Å². The van der Waals surface area contributed by atoms with E-state index in [0.29, 0.717) is 17.3 Å². The Balaban J connectivity index is 2.03. The molecule has 2 N–H and O–H groups in total. The quantitative estimate of drug-likeness (QED) is 0.884. The third kappa shape index (κ3) is 3.41. The molecule has 6 nitrogen and oxygen atoms in total. The molecular weight excluding hydrogens is 246 g/mol. The molecule has 0 unspecified atom stereocenters. The molecule has 0 radical (unpaired) electrons. The molecule has 0 spiro atoms. The van der Waals surface area contributed by atoms with E-state index in [4.69, 9.17) is 4.42 Å². The van der Waals surface area contributed by atoms with Crippen LogP contribution in [0.3, 0.4) is 0 Å². The van der Waals surface area contributed by atoms with Crippen LogP contribution in [0.1, 0.15) is 23.3 Å². The summed E-state index contributed by atoms with van der Waals surface area (Å²) < 4.78 is 4.97. The number of rotatable bonds is 3. The summed E-state index contributed by atoms with van der Waals surface area (Å²) in [4.78, 5) is 26.6. The number of oxazole rings is 1. The van der Waals surface area contributed by atoms with E-state index in [1.807, 2.05) is 0 Å². The number of aromatic nitrogens is 1. The second kappa shape index (κ2) is 5.34. The van der Waals surface area contributed by atoms with E-state index in [1.54, 1.807) is 31.2 Å². The highest BCUT2D eigenvalue weighted by Gasteiger charge is 2.10. The number of carbonyl (C=O) groups excluding carboxylic acids is 2. The summed E-state index contributed by atoms with van der Waals surface area (Å²) in [5.74, 6) is -0.0508. The van der Waals surface area contributed by atoms with Gasteiger partial charge in [-0.25, -0.2) is 4.98 Å². The number of hydrogen-bond acceptors (Lipinski definition) is 4. The number of anilines is 2. The van der Waals surface area contributed by atoms with Crippen molar-refractivity contribution in [1.82, 2.24) is 4.98 Å². The fourth-order valence-electron chi connectivity index (χ4n) is 1.50. The van der Waals surface area contributed by atoms with E-state index in [1.165, 1.54) is 13.2 Å². The van der Waals surface area contributed by atoms with Gasteiger partial charge in [0.15, 0.2) is 11.6 Å². The van der Waals surface area contributed by atoms with Crippen LogP contribution in [0, 0.1) is 6.92 Å². The van der Waals surface area contributed by atoms with E-state index in [-0.39, 0.29) is 17.5 Å². The Bertz CT molecular complexity index is 602. The van der Waals surface area contributed by atoms with Crippen molar-refractivity contribution < 1.29 is 14.0 Å². The van der Waals surface area contributed by atoms with Gasteiger partial charge in [-0.15, -0.1) is 0 Å². The summed E-state index contributed by atoms with van der Waals surface area (Å²) in [6.07, 6.45) is 1.30. The Morgan fingerprint density at radius 2 is 1.68 bits per heavy atom. The first kappa shape index (κ1) is 12.8. The molecule has 1 aromatic carbocycles. The van der Waals surface area contributed by atoms with E-state index in [9.17, 15) is 9.59 Å². The highest BCUT2D eigenvalue weighted by Crippen LogP contribution is 2.14. The molecular formula is C13H13N3O3. The van der Waals surface area contributed by atoms with Crippen LogP contribution in [0.4, 0.5) is 11.4 Å². The molecule has 6 heteroatoms. The fraction of sp³-hybridized carbons (Fsp3) is 0.154. The fourth-order valence-corrected chi connectivity index (χ4v) is 1.50. The molecule has 0 saturated heterocycles. The minimum absolute atomic E-state index is 0.144. The monoisotopic (exact) mass is 259 g/mol. The van der Waals surface area contributed by atoms with Crippen LogP contribution in [0.15, 0.2) is 34.9 Å². The smallest absolute Gasteiger partial charge is 0.277 e. The third-order valence-corrected chi connectivity index (χ3v) is 2.31. The van der Waals surface area contributed by atoms with Gasteiger partial charge in [0.2, 0.25) is 5.91 Å². The normalized spacial score (nSPS) is 10.0. The number of hydrogen-bond donors (Lipinski definition) is 2. The summed E-state index contributed by atoms with van der Waals surface area (Å²) in [6.45, 7) is 3.10. The molecule has 0 aliphatic carbocycles. The van der Waals surface area contributed by atoms with E-state index in [2.05, 4.69) is 15.6 Å². The van der Waals surface area contributed by atoms with E-state index < -0.39 is 0 Å². The summed E-state index contributed by atoms with van der Waals surface area (Å²) in [6, 6.07) is 6.78. The maximum Gasteiger partial charge on any atom is 0.277 e. The highest BCUT2D eigenvalue weighted by atomic mass is 16.3. The van der Waals surface area contributed by atoms with Crippen molar-refractivity contribution in [2.75, 3.05) is 10.6 Å². The Morgan fingerprint density at radius 1 is 1.11 bits per heavy atom. The van der Waals surface area contributed by atoms with Crippen LogP contribution in [-0.4, -0.2) is 16.8 Å². The molecule has 0 aliphatic rings. The molecule has 0 saturated carbocycles. The van der Waals surface area contributed by atoms with Crippen molar-refractivity contribution in [3.63, 3.8) is 0 Å². The van der Waals surface area contributed by atoms with Crippen LogP contribution in [0.2, 0.25) is 0 Å². The van der Waals surface area contributed by atoms with Crippen LogP contribution in [0.25, 0.3) is 0 Å². The first-order chi connectivity index (χ1) is 9.04. The first-order valence-electron chi connectivity index (χ1n) is 5.66. The van der Waals surface area contributed by atoms with Gasteiger partial charge in [-0.3, -0.25) is 9.59 Å². The zero-order chi connectivity index (χ0) is 13.8.